The van der Waals surface area contributed by atoms with E-state index in [-0.39, 0.29) is 22.8 Å². The predicted octanol–water partition coefficient (Wildman–Crippen LogP) is 3.88. The van der Waals surface area contributed by atoms with E-state index in [1.54, 1.807) is 0 Å². The molecule has 0 aliphatic heterocycles. The number of nitrogens with one attached hydrogen (secondary N) is 1. The van der Waals surface area contributed by atoms with E-state index in [4.69, 9.17) is 0 Å². The number of amides is 1. The lowest BCUT2D eigenvalue weighted by Crippen LogP contribution is -2.51. The maximum absolute atomic E-state index is 12.2. The molecule has 0 spiro atoms. The van der Waals surface area contributed by atoms with Crippen molar-refractivity contribution in [2.24, 2.45) is 10.8 Å². The largest absolute Gasteiger partial charge is 0.348 e. The van der Waals surface area contributed by atoms with Gasteiger partial charge in [-0.15, -0.1) is 0 Å². The van der Waals surface area contributed by atoms with E-state index in [9.17, 15) is 4.79 Å². The van der Waals surface area contributed by atoms with Gasteiger partial charge in [-0.1, -0.05) is 59.7 Å². The zero-order chi connectivity index (χ0) is 14.0. The third kappa shape index (κ3) is 3.86. The number of carbonyl (C=O) groups excluding carboxylic acids is 1. The third-order valence-corrected chi connectivity index (χ3v) is 3.04. The Kier molecular flexibility index (Phi) is 4.20. The molecule has 2 heteroatoms. The van der Waals surface area contributed by atoms with Crippen molar-refractivity contribution in [2.45, 2.75) is 47.6 Å². The van der Waals surface area contributed by atoms with Crippen LogP contribution in [0, 0.1) is 10.8 Å². The summed E-state index contributed by atoms with van der Waals surface area (Å²) in [7, 11) is 0. The van der Waals surface area contributed by atoms with Crippen molar-refractivity contribution in [3.63, 3.8) is 0 Å². The van der Waals surface area contributed by atoms with Crippen molar-refractivity contribution in [3.8, 4) is 0 Å². The minimum atomic E-state index is 0.00505. The Morgan fingerprint density at radius 2 is 1.39 bits per heavy atom. The maximum atomic E-state index is 12.2. The predicted molar refractivity (Wildman–Crippen MR) is 76.6 cm³/mol. The zero-order valence-electron chi connectivity index (χ0n) is 12.4. The molecular weight excluding hydrogens is 222 g/mol. The van der Waals surface area contributed by atoms with Crippen LogP contribution in [-0.2, 0) is 0 Å². The fourth-order valence-corrected chi connectivity index (χ4v) is 2.54. The Bertz CT molecular complexity index is 381. The highest BCUT2D eigenvalue weighted by atomic mass is 16.1. The van der Waals surface area contributed by atoms with Gasteiger partial charge in [0, 0.05) is 11.6 Å². The van der Waals surface area contributed by atoms with E-state index < -0.39 is 0 Å². The van der Waals surface area contributed by atoms with Gasteiger partial charge in [0.2, 0.25) is 0 Å². The van der Waals surface area contributed by atoms with Crippen molar-refractivity contribution in [2.75, 3.05) is 0 Å². The van der Waals surface area contributed by atoms with Crippen LogP contribution in [0.25, 0.3) is 0 Å². The Morgan fingerprint density at radius 1 is 0.944 bits per heavy atom. The molecule has 0 aliphatic rings. The van der Waals surface area contributed by atoms with E-state index >= 15 is 0 Å². The molecule has 1 rings (SSSR count). The molecule has 0 atom stereocenters. The van der Waals surface area contributed by atoms with Crippen molar-refractivity contribution in [1.82, 2.24) is 5.32 Å². The third-order valence-electron chi connectivity index (χ3n) is 3.04. The number of benzene rings is 1. The lowest BCUT2D eigenvalue weighted by molar-refractivity contribution is 0.0796. The van der Waals surface area contributed by atoms with Gasteiger partial charge < -0.3 is 5.32 Å². The van der Waals surface area contributed by atoms with Crippen LogP contribution in [0.2, 0.25) is 0 Å². The molecule has 0 aromatic heterocycles. The van der Waals surface area contributed by atoms with Crippen molar-refractivity contribution >= 4 is 5.91 Å². The maximum Gasteiger partial charge on any atom is 0.251 e. The standard InChI is InChI=1S/C16H25NO/c1-15(2,3)14(16(4,5)6)17-13(18)12-10-8-7-9-11-12/h7-11,14H,1-6H3,(H,17,18). The summed E-state index contributed by atoms with van der Waals surface area (Å²) in [5.41, 5.74) is 0.779. The topological polar surface area (TPSA) is 29.1 Å². The summed E-state index contributed by atoms with van der Waals surface area (Å²) in [5.74, 6) is 0.00505. The second kappa shape index (κ2) is 5.13. The zero-order valence-corrected chi connectivity index (χ0v) is 12.4. The molecular formula is C16H25NO. The summed E-state index contributed by atoms with van der Waals surface area (Å²) in [6.07, 6.45) is 0. The van der Waals surface area contributed by atoms with Crippen LogP contribution >= 0.6 is 0 Å². The van der Waals surface area contributed by atoms with E-state index in [1.165, 1.54) is 0 Å². The van der Waals surface area contributed by atoms with Gasteiger partial charge in [-0.25, -0.2) is 0 Å². The minimum Gasteiger partial charge on any atom is -0.348 e. The van der Waals surface area contributed by atoms with Gasteiger partial charge in [0.1, 0.15) is 0 Å². The van der Waals surface area contributed by atoms with Crippen LogP contribution in [0.15, 0.2) is 30.3 Å². The van der Waals surface area contributed by atoms with Gasteiger partial charge in [0.05, 0.1) is 0 Å². The Labute approximate surface area is 111 Å². The summed E-state index contributed by atoms with van der Waals surface area (Å²) in [4.78, 5) is 12.2. The van der Waals surface area contributed by atoms with Gasteiger partial charge in [-0.2, -0.15) is 0 Å². The molecule has 1 N–H and O–H groups in total. The van der Waals surface area contributed by atoms with Crippen LogP contribution in [-0.4, -0.2) is 11.9 Å². The SMILES string of the molecule is CC(C)(C)C(NC(=O)c1ccccc1)C(C)(C)C. The van der Waals surface area contributed by atoms with Crippen molar-refractivity contribution < 1.29 is 4.79 Å². The van der Waals surface area contributed by atoms with Crippen LogP contribution < -0.4 is 5.32 Å². The van der Waals surface area contributed by atoms with Gasteiger partial charge in [-0.3, -0.25) is 4.79 Å². The molecule has 1 amide bonds. The number of hydrogen-bond acceptors (Lipinski definition) is 1. The van der Waals surface area contributed by atoms with Crippen LogP contribution in [0.1, 0.15) is 51.9 Å². The Balaban J connectivity index is 2.90. The van der Waals surface area contributed by atoms with Gasteiger partial charge in [0.15, 0.2) is 0 Å². The summed E-state index contributed by atoms with van der Waals surface area (Å²) < 4.78 is 0. The first-order chi connectivity index (χ1) is 8.12. The van der Waals surface area contributed by atoms with Crippen LogP contribution in [0.3, 0.4) is 0 Å². The molecule has 18 heavy (non-hydrogen) atoms. The lowest BCUT2D eigenvalue weighted by Gasteiger charge is -2.41. The molecule has 2 nitrogen and oxygen atoms in total. The minimum absolute atomic E-state index is 0.00505. The van der Waals surface area contributed by atoms with Crippen LogP contribution in [0.4, 0.5) is 0 Å². The average molecular weight is 247 g/mol. The average Bonchev–Trinajstić information content (AvgIpc) is 2.23. The molecule has 0 aliphatic carbocycles. The van der Waals surface area contributed by atoms with Gasteiger partial charge in [-0.05, 0) is 23.0 Å². The first kappa shape index (κ1) is 14.7. The molecule has 0 radical (unpaired) electrons. The Morgan fingerprint density at radius 3 is 1.78 bits per heavy atom. The smallest absolute Gasteiger partial charge is 0.251 e. The summed E-state index contributed by atoms with van der Waals surface area (Å²) >= 11 is 0. The normalized spacial score (nSPS) is 12.6. The van der Waals surface area contributed by atoms with E-state index in [2.05, 4.69) is 46.9 Å². The molecule has 0 bridgehead atoms. The number of carbonyl (C=O) groups is 1. The first-order valence-corrected chi connectivity index (χ1v) is 6.48. The number of rotatable bonds is 2. The second-order valence-electron chi connectivity index (χ2n) is 7.00. The van der Waals surface area contributed by atoms with E-state index in [0.29, 0.717) is 0 Å². The van der Waals surface area contributed by atoms with Crippen LogP contribution in [0.5, 0.6) is 0 Å². The van der Waals surface area contributed by atoms with Crippen molar-refractivity contribution in [3.05, 3.63) is 35.9 Å². The fourth-order valence-electron chi connectivity index (χ4n) is 2.54. The number of hydrogen-bond donors (Lipinski definition) is 1. The van der Waals surface area contributed by atoms with Gasteiger partial charge >= 0.3 is 0 Å². The van der Waals surface area contributed by atoms with E-state index in [0.717, 1.165) is 5.56 Å². The van der Waals surface area contributed by atoms with Gasteiger partial charge in [0.25, 0.3) is 5.91 Å². The highest BCUT2D eigenvalue weighted by Gasteiger charge is 2.36. The molecule has 1 aromatic carbocycles. The monoisotopic (exact) mass is 247 g/mol. The highest BCUT2D eigenvalue weighted by Crippen LogP contribution is 2.33. The molecule has 100 valence electrons. The summed E-state index contributed by atoms with van der Waals surface area (Å²) in [5, 5.41) is 3.17. The molecule has 0 fully saturated rings. The molecule has 1 aromatic rings. The molecule has 0 unspecified atom stereocenters. The second-order valence-corrected chi connectivity index (χ2v) is 7.00. The first-order valence-electron chi connectivity index (χ1n) is 6.48. The lowest BCUT2D eigenvalue weighted by atomic mass is 9.72. The summed E-state index contributed by atoms with van der Waals surface area (Å²) in [6, 6.07) is 9.51. The summed E-state index contributed by atoms with van der Waals surface area (Å²) in [6.45, 7) is 13.0. The fraction of sp³-hybridized carbons (Fsp3) is 0.562. The molecule has 0 saturated heterocycles. The quantitative estimate of drug-likeness (QED) is 0.844. The van der Waals surface area contributed by atoms with E-state index in [1.807, 2.05) is 30.3 Å². The highest BCUT2D eigenvalue weighted by molar-refractivity contribution is 5.94. The molecule has 0 heterocycles. The molecule has 0 saturated carbocycles. The Hall–Kier alpha value is -1.31. The van der Waals surface area contributed by atoms with Crippen molar-refractivity contribution in [1.29, 1.82) is 0 Å².